The van der Waals surface area contributed by atoms with E-state index in [9.17, 15) is 24.9 Å². The lowest BCUT2D eigenvalue weighted by Crippen LogP contribution is -2.46. The highest BCUT2D eigenvalue weighted by molar-refractivity contribution is 8.04. The van der Waals surface area contributed by atoms with E-state index >= 15 is 0 Å². The van der Waals surface area contributed by atoms with Gasteiger partial charge in [0.25, 0.3) is 0 Å². The van der Waals surface area contributed by atoms with Crippen molar-refractivity contribution in [1.29, 1.82) is 10.5 Å². The summed E-state index contributed by atoms with van der Waals surface area (Å²) in [7, 11) is 0. The molecule has 128 valence electrons. The van der Waals surface area contributed by atoms with Crippen molar-refractivity contribution in [3.8, 4) is 12.1 Å². The number of nitrogens with zero attached hydrogens (tertiary/aromatic N) is 2. The third-order valence-electron chi connectivity index (χ3n) is 3.69. The van der Waals surface area contributed by atoms with E-state index in [1.807, 2.05) is 17.5 Å². The number of primary amides is 1. The molecule has 0 aromatic heterocycles. The summed E-state index contributed by atoms with van der Waals surface area (Å²) in [4.78, 5) is 35.2. The van der Waals surface area contributed by atoms with Crippen LogP contribution in [0.3, 0.4) is 0 Å². The van der Waals surface area contributed by atoms with Gasteiger partial charge in [-0.2, -0.15) is 10.5 Å². The lowest BCUT2D eigenvalue weighted by molar-refractivity contribution is -0.125. The topological polar surface area (TPSA) is 149 Å². The van der Waals surface area contributed by atoms with Crippen LogP contribution in [0.5, 0.6) is 0 Å². The number of carbonyl (C=O) groups excluding carboxylic acids is 3. The van der Waals surface area contributed by atoms with Gasteiger partial charge >= 0.3 is 6.03 Å². The minimum absolute atomic E-state index is 0.199. The highest BCUT2D eigenvalue weighted by atomic mass is 32.2. The lowest BCUT2D eigenvalue weighted by atomic mass is 9.72. The summed E-state index contributed by atoms with van der Waals surface area (Å²) in [5.74, 6) is -2.34. The van der Waals surface area contributed by atoms with Crippen molar-refractivity contribution in [2.45, 2.75) is 32.9 Å². The Morgan fingerprint density at radius 3 is 2.38 bits per heavy atom. The van der Waals surface area contributed by atoms with E-state index < -0.39 is 34.4 Å². The Balaban J connectivity index is 3.27. The molecule has 0 radical (unpaired) electrons. The van der Waals surface area contributed by atoms with Gasteiger partial charge in [-0.05, 0) is 5.92 Å². The fourth-order valence-corrected chi connectivity index (χ4v) is 3.60. The first-order valence-corrected chi connectivity index (χ1v) is 8.06. The predicted octanol–water partition coefficient (Wildman–Crippen LogP) is 0.970. The normalized spacial score (nSPS) is 20.6. The Labute approximate surface area is 144 Å². The van der Waals surface area contributed by atoms with Gasteiger partial charge in [0.1, 0.15) is 5.92 Å². The van der Waals surface area contributed by atoms with E-state index in [0.717, 1.165) is 11.8 Å². The second-order valence-corrected chi connectivity index (χ2v) is 7.38. The number of rotatable bonds is 4. The van der Waals surface area contributed by atoms with Crippen LogP contribution in [0.1, 0.15) is 27.7 Å². The standard InChI is InChI=1S/C15H19N5O3S/c1-7(2)10(12(22)20-14(18)23)24-13-9(6-17)15(3,4)8(5-16)11(21)19-13/h7-8,10H,1-4H3,(H,19,21)(H3,18,20,22,23)/t8-,10+/m0/s1. The average Bonchev–Trinajstić information content (AvgIpc) is 2.42. The third kappa shape index (κ3) is 3.87. The van der Waals surface area contributed by atoms with Gasteiger partial charge in [-0.25, -0.2) is 4.79 Å². The van der Waals surface area contributed by atoms with E-state index in [1.54, 1.807) is 27.7 Å². The van der Waals surface area contributed by atoms with Crippen molar-refractivity contribution in [2.75, 3.05) is 0 Å². The molecule has 4 N–H and O–H groups in total. The van der Waals surface area contributed by atoms with Crippen molar-refractivity contribution in [2.24, 2.45) is 23.0 Å². The van der Waals surface area contributed by atoms with Crippen LogP contribution in [0.25, 0.3) is 0 Å². The molecule has 1 aliphatic rings. The summed E-state index contributed by atoms with van der Waals surface area (Å²) in [6.07, 6.45) is 0. The van der Waals surface area contributed by atoms with Gasteiger partial charge in [-0.3, -0.25) is 14.9 Å². The zero-order valence-electron chi connectivity index (χ0n) is 13.8. The van der Waals surface area contributed by atoms with Gasteiger partial charge in [-0.1, -0.05) is 39.5 Å². The Bertz CT molecular complexity index is 684. The van der Waals surface area contributed by atoms with Gasteiger partial charge in [0.15, 0.2) is 0 Å². The molecule has 0 aromatic carbocycles. The molecule has 1 heterocycles. The number of imide groups is 1. The third-order valence-corrected chi connectivity index (χ3v) is 5.24. The van der Waals surface area contributed by atoms with Gasteiger partial charge < -0.3 is 11.1 Å². The molecule has 2 atom stereocenters. The number of nitrogens with one attached hydrogen (secondary N) is 2. The summed E-state index contributed by atoms with van der Waals surface area (Å²) < 4.78 is 0. The maximum absolute atomic E-state index is 12.1. The van der Waals surface area contributed by atoms with E-state index in [1.165, 1.54) is 0 Å². The van der Waals surface area contributed by atoms with Gasteiger partial charge in [0, 0.05) is 5.41 Å². The summed E-state index contributed by atoms with van der Waals surface area (Å²) in [6.45, 7) is 6.79. The zero-order chi connectivity index (χ0) is 18.7. The smallest absolute Gasteiger partial charge is 0.318 e. The minimum Gasteiger partial charge on any atom is -0.351 e. The number of nitriles is 2. The van der Waals surface area contributed by atoms with Crippen LogP contribution >= 0.6 is 11.8 Å². The summed E-state index contributed by atoms with van der Waals surface area (Å²) in [6, 6.07) is 2.96. The molecule has 0 bridgehead atoms. The Hall–Kier alpha value is -2.52. The van der Waals surface area contributed by atoms with Crippen molar-refractivity contribution >= 4 is 29.6 Å². The molecule has 0 aromatic rings. The molecule has 4 amide bonds. The predicted molar refractivity (Wildman–Crippen MR) is 87.6 cm³/mol. The highest BCUT2D eigenvalue weighted by Crippen LogP contribution is 2.43. The molecule has 0 saturated heterocycles. The molecule has 0 unspecified atom stereocenters. The summed E-state index contributed by atoms with van der Waals surface area (Å²) in [5.41, 5.74) is 4.20. The number of hydrogen-bond donors (Lipinski definition) is 3. The van der Waals surface area contributed by atoms with Gasteiger partial charge in [-0.15, -0.1) is 0 Å². The number of hydrogen-bond acceptors (Lipinski definition) is 6. The van der Waals surface area contributed by atoms with E-state index in [4.69, 9.17) is 5.73 Å². The molecule has 0 fully saturated rings. The maximum Gasteiger partial charge on any atom is 0.318 e. The van der Waals surface area contributed by atoms with Crippen LogP contribution in [0.4, 0.5) is 4.79 Å². The number of nitrogens with two attached hydrogens (primary N) is 1. The first-order valence-electron chi connectivity index (χ1n) is 7.18. The molecule has 1 aliphatic heterocycles. The number of carbonyl (C=O) groups is 3. The van der Waals surface area contributed by atoms with Crippen molar-refractivity contribution in [3.05, 3.63) is 10.6 Å². The monoisotopic (exact) mass is 349 g/mol. The van der Waals surface area contributed by atoms with Crippen LogP contribution in [-0.2, 0) is 9.59 Å². The van der Waals surface area contributed by atoms with Crippen molar-refractivity contribution in [1.82, 2.24) is 10.6 Å². The van der Waals surface area contributed by atoms with Crippen LogP contribution < -0.4 is 16.4 Å². The fraction of sp³-hybridized carbons (Fsp3) is 0.533. The average molecular weight is 349 g/mol. The molecule has 9 heteroatoms. The quantitative estimate of drug-likeness (QED) is 0.688. The molecular formula is C15H19N5O3S. The lowest BCUT2D eigenvalue weighted by Gasteiger charge is -2.35. The van der Waals surface area contributed by atoms with Crippen molar-refractivity contribution < 1.29 is 14.4 Å². The Morgan fingerprint density at radius 2 is 1.96 bits per heavy atom. The molecular weight excluding hydrogens is 330 g/mol. The number of urea groups is 1. The van der Waals surface area contributed by atoms with Crippen LogP contribution in [0, 0.1) is 39.9 Å². The SMILES string of the molecule is CC(C)[C@@H](SC1=C(C#N)C(C)(C)[C@@H](C#N)C(=O)N1)C(=O)NC(N)=O. The van der Waals surface area contributed by atoms with Crippen LogP contribution in [-0.4, -0.2) is 23.1 Å². The van der Waals surface area contributed by atoms with Crippen molar-refractivity contribution in [3.63, 3.8) is 0 Å². The molecule has 8 nitrogen and oxygen atoms in total. The molecule has 0 aliphatic carbocycles. The zero-order valence-corrected chi connectivity index (χ0v) is 14.7. The summed E-state index contributed by atoms with van der Waals surface area (Å²) in [5, 5.41) is 22.7. The largest absolute Gasteiger partial charge is 0.351 e. The van der Waals surface area contributed by atoms with Crippen LogP contribution in [0.2, 0.25) is 0 Å². The van der Waals surface area contributed by atoms with Gasteiger partial charge in [0.2, 0.25) is 11.8 Å². The maximum atomic E-state index is 12.1. The molecule has 0 saturated carbocycles. The number of allylic oxidation sites excluding steroid dienone is 1. The fourth-order valence-electron chi connectivity index (χ4n) is 2.33. The molecule has 0 spiro atoms. The number of thioether (sulfide) groups is 1. The number of amides is 4. The Morgan fingerprint density at radius 1 is 1.38 bits per heavy atom. The van der Waals surface area contributed by atoms with Crippen LogP contribution in [0.15, 0.2) is 10.6 Å². The molecule has 1 rings (SSSR count). The van der Waals surface area contributed by atoms with E-state index in [2.05, 4.69) is 5.32 Å². The van der Waals surface area contributed by atoms with Gasteiger partial charge in [0.05, 0.1) is 28.0 Å². The van der Waals surface area contributed by atoms with E-state index in [0.29, 0.717) is 0 Å². The minimum atomic E-state index is -1.01. The second kappa shape index (κ2) is 7.37. The van der Waals surface area contributed by atoms with E-state index in [-0.39, 0.29) is 16.5 Å². The second-order valence-electron chi connectivity index (χ2n) is 6.22. The first kappa shape index (κ1) is 19.5. The molecule has 24 heavy (non-hydrogen) atoms. The summed E-state index contributed by atoms with van der Waals surface area (Å²) >= 11 is 0.971. The first-order chi connectivity index (χ1) is 11.1. The Kier molecular flexibility index (Phi) is 5.99. The highest BCUT2D eigenvalue weighted by Gasteiger charge is 2.45.